The van der Waals surface area contributed by atoms with E-state index in [9.17, 15) is 0 Å². The van der Waals surface area contributed by atoms with Gasteiger partial charge in [0.1, 0.15) is 11.0 Å². The average Bonchev–Trinajstić information content (AvgIpc) is 3.31. The Balaban J connectivity index is 1.48. The third kappa shape index (κ3) is 1.93. The number of hydrogen-bond donors (Lipinski definition) is 0. The molecule has 5 rings (SSSR count). The van der Waals surface area contributed by atoms with Gasteiger partial charge in [0.2, 0.25) is 0 Å². The molecule has 2 aromatic heterocycles. The normalized spacial score (nSPS) is 21.4. The van der Waals surface area contributed by atoms with Crippen molar-refractivity contribution >= 4 is 22.1 Å². The van der Waals surface area contributed by atoms with Gasteiger partial charge in [0.15, 0.2) is 12.5 Å². The van der Waals surface area contributed by atoms with Crippen molar-refractivity contribution in [1.29, 1.82) is 0 Å². The third-order valence-electron chi connectivity index (χ3n) is 4.28. The summed E-state index contributed by atoms with van der Waals surface area (Å²) in [5.74, 6) is 0. The first kappa shape index (κ1) is 12.7. The molecule has 1 saturated heterocycles. The Morgan fingerprint density at radius 1 is 0.739 bits per heavy atom. The molecule has 0 amide bonds. The van der Waals surface area contributed by atoms with Crippen molar-refractivity contribution < 1.29 is 4.74 Å². The second-order valence-corrected chi connectivity index (χ2v) is 5.67. The number of nitrogens with zero attached hydrogens (tertiary/aromatic N) is 6. The first-order chi connectivity index (χ1) is 11.4. The molecule has 3 heterocycles. The quantitative estimate of drug-likeness (QED) is 0.569. The van der Waals surface area contributed by atoms with Gasteiger partial charge in [-0.1, -0.05) is 34.7 Å². The third-order valence-corrected chi connectivity index (χ3v) is 4.28. The largest absolute Gasteiger partial charge is 0.331 e. The minimum Gasteiger partial charge on any atom is -0.331 e. The predicted molar refractivity (Wildman–Crippen MR) is 83.4 cm³/mol. The molecule has 0 aliphatic carbocycles. The van der Waals surface area contributed by atoms with E-state index < -0.39 is 0 Å². The van der Waals surface area contributed by atoms with Gasteiger partial charge in [-0.05, 0) is 37.1 Å². The summed E-state index contributed by atoms with van der Waals surface area (Å²) in [6.07, 6.45) is 1.48. The lowest BCUT2D eigenvalue weighted by molar-refractivity contribution is -0.0432. The predicted octanol–water partition coefficient (Wildman–Crippen LogP) is 2.68. The van der Waals surface area contributed by atoms with Crippen LogP contribution >= 0.6 is 0 Å². The Kier molecular flexibility index (Phi) is 2.68. The fraction of sp³-hybridized carbons (Fsp3) is 0.250. The van der Waals surface area contributed by atoms with Crippen LogP contribution in [0.4, 0.5) is 0 Å². The molecule has 0 N–H and O–H groups in total. The lowest BCUT2D eigenvalue weighted by Gasteiger charge is -2.14. The van der Waals surface area contributed by atoms with Crippen molar-refractivity contribution in [1.82, 2.24) is 30.0 Å². The van der Waals surface area contributed by atoms with Gasteiger partial charge in [-0.25, -0.2) is 9.36 Å². The standard InChI is InChI=1S/C16H14N6O/c1-3-7-13-11(5-1)17-19-21(13)15-9-10-16(23-15)22-14-8-4-2-6-12(14)18-20-22/h1-8,15-16H,9-10H2. The SMILES string of the molecule is c1ccc2c(c1)nnn2C1CCC(n2nnc3ccccc32)O1. The van der Waals surface area contributed by atoms with Crippen molar-refractivity contribution in [3.8, 4) is 0 Å². The van der Waals surface area contributed by atoms with E-state index in [-0.39, 0.29) is 12.5 Å². The minimum atomic E-state index is -0.129. The van der Waals surface area contributed by atoms with Crippen LogP contribution in [0.5, 0.6) is 0 Å². The monoisotopic (exact) mass is 306 g/mol. The number of fused-ring (bicyclic) bond motifs is 2. The Labute approximate surface area is 131 Å². The Bertz CT molecular complexity index is 910. The van der Waals surface area contributed by atoms with Crippen molar-refractivity contribution in [2.45, 2.75) is 25.3 Å². The van der Waals surface area contributed by atoms with E-state index in [4.69, 9.17) is 4.74 Å². The summed E-state index contributed by atoms with van der Waals surface area (Å²) in [7, 11) is 0. The molecule has 4 aromatic rings. The Morgan fingerprint density at radius 2 is 1.22 bits per heavy atom. The van der Waals surface area contributed by atoms with Crippen molar-refractivity contribution in [2.75, 3.05) is 0 Å². The summed E-state index contributed by atoms with van der Waals surface area (Å²) in [5, 5.41) is 16.9. The molecule has 7 nitrogen and oxygen atoms in total. The van der Waals surface area contributed by atoms with Crippen LogP contribution in [0.25, 0.3) is 22.1 Å². The van der Waals surface area contributed by atoms with E-state index >= 15 is 0 Å². The van der Waals surface area contributed by atoms with E-state index in [0.29, 0.717) is 0 Å². The molecular weight excluding hydrogens is 292 g/mol. The lowest BCUT2D eigenvalue weighted by Crippen LogP contribution is -2.13. The molecule has 23 heavy (non-hydrogen) atoms. The Morgan fingerprint density at radius 3 is 1.74 bits per heavy atom. The van der Waals surface area contributed by atoms with E-state index in [1.165, 1.54) is 0 Å². The van der Waals surface area contributed by atoms with Crippen molar-refractivity contribution in [3.05, 3.63) is 48.5 Å². The van der Waals surface area contributed by atoms with Crippen LogP contribution in [0.3, 0.4) is 0 Å². The van der Waals surface area contributed by atoms with Gasteiger partial charge in [-0.2, -0.15) is 0 Å². The summed E-state index contributed by atoms with van der Waals surface area (Å²) in [5.41, 5.74) is 3.74. The van der Waals surface area contributed by atoms with Gasteiger partial charge < -0.3 is 4.74 Å². The average molecular weight is 306 g/mol. The fourth-order valence-corrected chi connectivity index (χ4v) is 3.16. The van der Waals surface area contributed by atoms with E-state index in [1.54, 1.807) is 0 Å². The van der Waals surface area contributed by atoms with E-state index in [2.05, 4.69) is 20.6 Å². The van der Waals surface area contributed by atoms with E-state index in [0.717, 1.165) is 34.9 Å². The molecule has 2 unspecified atom stereocenters. The minimum absolute atomic E-state index is 0.129. The van der Waals surface area contributed by atoms with Crippen molar-refractivity contribution in [2.24, 2.45) is 0 Å². The van der Waals surface area contributed by atoms with Crippen LogP contribution in [0.1, 0.15) is 25.3 Å². The molecule has 114 valence electrons. The first-order valence-corrected chi connectivity index (χ1v) is 7.65. The lowest BCUT2D eigenvalue weighted by atomic mass is 10.2. The van der Waals surface area contributed by atoms with Crippen LogP contribution in [0.2, 0.25) is 0 Å². The zero-order chi connectivity index (χ0) is 15.2. The van der Waals surface area contributed by atoms with Gasteiger partial charge in [-0.3, -0.25) is 0 Å². The summed E-state index contributed by atoms with van der Waals surface area (Å²) in [6.45, 7) is 0. The maximum absolute atomic E-state index is 6.19. The van der Waals surface area contributed by atoms with Crippen LogP contribution in [0.15, 0.2) is 48.5 Å². The van der Waals surface area contributed by atoms with Crippen LogP contribution in [-0.2, 0) is 4.74 Å². The van der Waals surface area contributed by atoms with Crippen LogP contribution in [0, 0.1) is 0 Å². The maximum Gasteiger partial charge on any atom is 0.155 e. The molecule has 0 radical (unpaired) electrons. The maximum atomic E-state index is 6.19. The van der Waals surface area contributed by atoms with Gasteiger partial charge in [0.05, 0.1) is 11.0 Å². The number of rotatable bonds is 2. The molecule has 1 aliphatic rings. The second-order valence-electron chi connectivity index (χ2n) is 5.67. The highest BCUT2D eigenvalue weighted by Gasteiger charge is 2.31. The summed E-state index contributed by atoms with van der Waals surface area (Å²) >= 11 is 0. The number of aromatic nitrogens is 6. The van der Waals surface area contributed by atoms with Crippen LogP contribution in [-0.4, -0.2) is 30.0 Å². The molecule has 7 heteroatoms. The molecule has 0 saturated carbocycles. The van der Waals surface area contributed by atoms with Crippen LogP contribution < -0.4 is 0 Å². The van der Waals surface area contributed by atoms with Gasteiger partial charge in [0.25, 0.3) is 0 Å². The molecule has 2 aromatic carbocycles. The highest BCUT2D eigenvalue weighted by atomic mass is 16.5. The number of para-hydroxylation sites is 2. The molecule has 1 fully saturated rings. The van der Waals surface area contributed by atoms with E-state index in [1.807, 2.05) is 57.9 Å². The Hall–Kier alpha value is -2.80. The first-order valence-electron chi connectivity index (χ1n) is 7.65. The summed E-state index contributed by atoms with van der Waals surface area (Å²) in [6, 6.07) is 15.8. The van der Waals surface area contributed by atoms with Gasteiger partial charge >= 0.3 is 0 Å². The molecule has 0 bridgehead atoms. The fourth-order valence-electron chi connectivity index (χ4n) is 3.16. The summed E-state index contributed by atoms with van der Waals surface area (Å²) < 4.78 is 9.90. The molecule has 2 atom stereocenters. The number of ether oxygens (including phenoxy) is 1. The topological polar surface area (TPSA) is 70.7 Å². The zero-order valence-electron chi connectivity index (χ0n) is 12.3. The highest BCUT2D eigenvalue weighted by Crippen LogP contribution is 2.36. The number of hydrogen-bond acceptors (Lipinski definition) is 5. The zero-order valence-corrected chi connectivity index (χ0v) is 12.3. The number of benzene rings is 2. The molecule has 0 spiro atoms. The van der Waals surface area contributed by atoms with Crippen molar-refractivity contribution in [3.63, 3.8) is 0 Å². The second kappa shape index (κ2) is 4.85. The molecular formula is C16H14N6O. The molecule has 1 aliphatic heterocycles. The smallest absolute Gasteiger partial charge is 0.155 e. The van der Waals surface area contributed by atoms with Gasteiger partial charge in [-0.15, -0.1) is 10.2 Å². The summed E-state index contributed by atoms with van der Waals surface area (Å²) in [4.78, 5) is 0. The highest BCUT2D eigenvalue weighted by molar-refractivity contribution is 5.74. The van der Waals surface area contributed by atoms with Gasteiger partial charge in [0, 0.05) is 0 Å².